The van der Waals surface area contributed by atoms with Crippen molar-refractivity contribution in [2.75, 3.05) is 19.5 Å². The van der Waals surface area contributed by atoms with E-state index in [4.69, 9.17) is 9.47 Å². The topological polar surface area (TPSA) is 55.7 Å². The number of methoxy groups -OCH3 is 2. The van der Waals surface area contributed by atoms with Gasteiger partial charge in [0.05, 0.1) is 26.8 Å². The third-order valence-corrected chi connectivity index (χ3v) is 7.71. The molecule has 3 aromatic rings. The number of fused-ring (bicyclic) bond motifs is 5. The number of nitrogens with zero attached hydrogens (tertiary/aromatic N) is 2. The molecule has 0 unspecified atom stereocenters. The van der Waals surface area contributed by atoms with Crippen LogP contribution in [0, 0.1) is 0 Å². The third-order valence-electron chi connectivity index (χ3n) is 6.38. The van der Waals surface area contributed by atoms with E-state index < -0.39 is 0 Å². The number of thiophene rings is 1. The Morgan fingerprint density at radius 1 is 1.10 bits per heavy atom. The van der Waals surface area contributed by atoms with E-state index in [0.29, 0.717) is 23.7 Å². The first-order valence-corrected chi connectivity index (χ1v) is 11.5. The van der Waals surface area contributed by atoms with Crippen LogP contribution in [-0.4, -0.2) is 29.7 Å². The number of aromatic nitrogens is 1. The van der Waals surface area contributed by atoms with Crippen LogP contribution >= 0.6 is 11.3 Å². The molecule has 162 valence electrons. The van der Waals surface area contributed by atoms with Crippen molar-refractivity contribution in [1.82, 2.24) is 9.47 Å². The molecule has 0 radical (unpaired) electrons. The minimum Gasteiger partial charge on any atom is -0.493 e. The van der Waals surface area contributed by atoms with Gasteiger partial charge in [-0.15, -0.1) is 11.3 Å². The van der Waals surface area contributed by atoms with E-state index in [2.05, 4.69) is 35.1 Å². The monoisotopic (exact) mass is 437 g/mol. The number of benzene rings is 1. The van der Waals surface area contributed by atoms with E-state index in [1.807, 2.05) is 22.3 Å². The zero-order chi connectivity index (χ0) is 21.5. The van der Waals surface area contributed by atoms with Crippen LogP contribution in [0.3, 0.4) is 0 Å². The molecule has 1 aromatic carbocycles. The minimum absolute atomic E-state index is 0.0472. The fourth-order valence-electron chi connectivity index (χ4n) is 4.72. The third kappa shape index (κ3) is 3.37. The van der Waals surface area contributed by atoms with E-state index in [1.165, 1.54) is 33.8 Å². The molecule has 0 fully saturated rings. The lowest BCUT2D eigenvalue weighted by Crippen LogP contribution is -2.36. The van der Waals surface area contributed by atoms with Gasteiger partial charge in [0, 0.05) is 34.1 Å². The number of carbonyl (C=O) groups excluding carboxylic acids is 1. The molecule has 1 N–H and O–H groups in total. The summed E-state index contributed by atoms with van der Waals surface area (Å²) in [5.74, 6) is 1.23. The molecule has 0 spiro atoms. The van der Waals surface area contributed by atoms with Crippen LogP contribution in [0.5, 0.6) is 11.5 Å². The zero-order valence-corrected chi connectivity index (χ0v) is 18.9. The molecule has 7 heteroatoms. The van der Waals surface area contributed by atoms with Crippen molar-refractivity contribution < 1.29 is 14.3 Å². The average molecular weight is 438 g/mol. The molecule has 3 heterocycles. The summed E-state index contributed by atoms with van der Waals surface area (Å²) in [5.41, 5.74) is 4.59. The van der Waals surface area contributed by atoms with Gasteiger partial charge < -0.3 is 24.3 Å². The number of urea groups is 1. The second kappa shape index (κ2) is 7.96. The highest BCUT2D eigenvalue weighted by Crippen LogP contribution is 2.42. The summed E-state index contributed by atoms with van der Waals surface area (Å²) in [4.78, 5) is 16.9. The van der Waals surface area contributed by atoms with Gasteiger partial charge in [-0.1, -0.05) is 0 Å². The fourth-order valence-corrected chi connectivity index (χ4v) is 6.12. The predicted octanol–water partition coefficient (Wildman–Crippen LogP) is 5.54. The number of carbonyl (C=O) groups is 1. The summed E-state index contributed by atoms with van der Waals surface area (Å²) < 4.78 is 13.0. The SMILES string of the molecule is COc1ccc(NC(=O)N2Cc3c(sc4c3CCCC4)-n3cccc3[C@@H]2C)cc1OC. The van der Waals surface area contributed by atoms with Gasteiger partial charge >= 0.3 is 6.03 Å². The molecule has 1 aliphatic heterocycles. The average Bonchev–Trinajstić information content (AvgIpc) is 3.39. The van der Waals surface area contributed by atoms with Crippen molar-refractivity contribution >= 4 is 23.1 Å². The maximum Gasteiger partial charge on any atom is 0.322 e. The Balaban J connectivity index is 1.50. The standard InChI is InChI=1S/C24H27N3O3S/c1-15-19-8-6-12-26(19)23-18(17-7-4-5-9-22(17)31-23)14-27(15)24(28)25-16-10-11-20(29-2)21(13-16)30-3/h6,8,10-13,15H,4-5,7,9,14H2,1-3H3,(H,25,28)/t15-/m0/s1. The maximum atomic E-state index is 13.5. The molecule has 6 nitrogen and oxygen atoms in total. The summed E-state index contributed by atoms with van der Waals surface area (Å²) >= 11 is 1.90. The highest BCUT2D eigenvalue weighted by Gasteiger charge is 2.33. The molecular weight excluding hydrogens is 410 g/mol. The van der Waals surface area contributed by atoms with Crippen molar-refractivity contribution in [2.24, 2.45) is 0 Å². The molecule has 31 heavy (non-hydrogen) atoms. The Labute approximate surface area is 186 Å². The molecular formula is C24H27N3O3S. The second-order valence-electron chi connectivity index (χ2n) is 8.10. The van der Waals surface area contributed by atoms with Crippen molar-refractivity contribution in [1.29, 1.82) is 0 Å². The van der Waals surface area contributed by atoms with Crippen LogP contribution in [0.25, 0.3) is 5.00 Å². The fraction of sp³-hybridized carbons (Fsp3) is 0.375. The van der Waals surface area contributed by atoms with Crippen LogP contribution in [0.4, 0.5) is 10.5 Å². The first-order chi connectivity index (χ1) is 15.1. The molecule has 5 rings (SSSR count). The zero-order valence-electron chi connectivity index (χ0n) is 18.1. The molecule has 2 amide bonds. The van der Waals surface area contributed by atoms with Gasteiger partial charge in [0.15, 0.2) is 11.5 Å². The van der Waals surface area contributed by atoms with E-state index in [-0.39, 0.29) is 12.1 Å². The van der Waals surface area contributed by atoms with E-state index in [9.17, 15) is 4.79 Å². The summed E-state index contributed by atoms with van der Waals surface area (Å²) in [7, 11) is 3.19. The van der Waals surface area contributed by atoms with Crippen molar-refractivity contribution in [3.63, 3.8) is 0 Å². The van der Waals surface area contributed by atoms with Crippen LogP contribution in [-0.2, 0) is 19.4 Å². The smallest absolute Gasteiger partial charge is 0.322 e. The largest absolute Gasteiger partial charge is 0.493 e. The second-order valence-corrected chi connectivity index (χ2v) is 9.19. The molecule has 1 atom stereocenters. The van der Waals surface area contributed by atoms with Crippen molar-refractivity contribution in [3.8, 4) is 16.5 Å². The molecule has 0 saturated heterocycles. The van der Waals surface area contributed by atoms with Gasteiger partial charge in [0.2, 0.25) is 0 Å². The van der Waals surface area contributed by atoms with Crippen LogP contribution in [0.2, 0.25) is 0 Å². The Hall–Kier alpha value is -2.93. The molecule has 0 saturated carbocycles. The number of rotatable bonds is 3. The Morgan fingerprint density at radius 3 is 2.71 bits per heavy atom. The lowest BCUT2D eigenvalue weighted by Gasteiger charge is -2.28. The van der Waals surface area contributed by atoms with Gasteiger partial charge in [0.1, 0.15) is 5.00 Å². The van der Waals surface area contributed by atoms with E-state index >= 15 is 0 Å². The summed E-state index contributed by atoms with van der Waals surface area (Å²) in [6.07, 6.45) is 6.86. The summed E-state index contributed by atoms with van der Waals surface area (Å²) in [6.45, 7) is 2.71. The Bertz CT molecular complexity index is 1130. The van der Waals surface area contributed by atoms with Crippen LogP contribution in [0.15, 0.2) is 36.5 Å². The Morgan fingerprint density at radius 2 is 1.90 bits per heavy atom. The molecule has 0 bridgehead atoms. The Kier molecular flexibility index (Phi) is 5.14. The highest BCUT2D eigenvalue weighted by atomic mass is 32.1. The molecule has 2 aromatic heterocycles. The number of aryl methyl sites for hydroxylation is 1. The molecule has 2 aliphatic rings. The molecule has 1 aliphatic carbocycles. The number of anilines is 1. The summed E-state index contributed by atoms with van der Waals surface area (Å²) in [6, 6.07) is 9.46. The van der Waals surface area contributed by atoms with Crippen molar-refractivity contribution in [3.05, 3.63) is 58.2 Å². The van der Waals surface area contributed by atoms with Gasteiger partial charge in [0.25, 0.3) is 0 Å². The van der Waals surface area contributed by atoms with Gasteiger partial charge in [-0.3, -0.25) is 0 Å². The number of ether oxygens (including phenoxy) is 2. The van der Waals surface area contributed by atoms with Crippen LogP contribution < -0.4 is 14.8 Å². The first kappa shape index (κ1) is 20.0. The number of nitrogens with one attached hydrogen (secondary N) is 1. The minimum atomic E-state index is -0.115. The summed E-state index contributed by atoms with van der Waals surface area (Å²) in [5, 5.41) is 4.35. The van der Waals surface area contributed by atoms with Crippen LogP contribution in [0.1, 0.15) is 47.5 Å². The number of hydrogen-bond acceptors (Lipinski definition) is 4. The highest BCUT2D eigenvalue weighted by molar-refractivity contribution is 7.15. The van der Waals surface area contributed by atoms with E-state index in [0.717, 1.165) is 18.5 Å². The van der Waals surface area contributed by atoms with Gasteiger partial charge in [-0.25, -0.2) is 4.79 Å². The first-order valence-electron chi connectivity index (χ1n) is 10.7. The van der Waals surface area contributed by atoms with Crippen molar-refractivity contribution in [2.45, 2.75) is 45.2 Å². The normalized spacial score (nSPS) is 17.3. The quantitative estimate of drug-likeness (QED) is 0.585. The van der Waals surface area contributed by atoms with Gasteiger partial charge in [-0.2, -0.15) is 0 Å². The van der Waals surface area contributed by atoms with E-state index in [1.54, 1.807) is 26.4 Å². The number of amides is 2. The lowest BCUT2D eigenvalue weighted by molar-refractivity contribution is 0.189. The maximum absolute atomic E-state index is 13.5. The van der Waals surface area contributed by atoms with Gasteiger partial charge in [-0.05, 0) is 62.4 Å². The predicted molar refractivity (Wildman–Crippen MR) is 123 cm³/mol. The number of hydrogen-bond donors (Lipinski definition) is 1. The lowest BCUT2D eigenvalue weighted by atomic mass is 9.95.